The van der Waals surface area contributed by atoms with Crippen LogP contribution in [0.3, 0.4) is 0 Å². The molecule has 0 amide bonds. The van der Waals surface area contributed by atoms with Gasteiger partial charge in [0.2, 0.25) is 0 Å². The van der Waals surface area contributed by atoms with Crippen molar-refractivity contribution in [1.82, 2.24) is 0 Å². The van der Waals surface area contributed by atoms with E-state index in [2.05, 4.69) is 50.3 Å². The van der Waals surface area contributed by atoms with Crippen LogP contribution in [-0.2, 0) is 32.7 Å². The molecular weight excluding hydrogens is 1010 g/mol. The standard InChI is InChI=1S/C70H134NO8P/c1-6-8-10-12-14-16-18-20-22-24-26-28-30-31-32-33-34-35-36-37-38-39-41-43-45-47-49-51-53-55-57-59-61-63-70(73)79-68(67-78-80(74,75)77-65-64-71(3,4)5)66-76-69(72)62-60-58-56-54-52-50-48-46-44-42-40-29-27-25-23-21-19-17-15-13-11-9-7-2/h18,20,24,26,30-31,68H,6-17,19,21-23,25,27-29,32-67H2,1-5H3/b20-18-,26-24-,31-30-. The summed E-state index contributed by atoms with van der Waals surface area (Å²) in [5, 5.41) is 0. The van der Waals surface area contributed by atoms with E-state index in [-0.39, 0.29) is 32.0 Å². The smallest absolute Gasteiger partial charge is 0.306 e. The number of carbonyl (C=O) groups excluding carboxylic acids is 2. The van der Waals surface area contributed by atoms with Crippen LogP contribution in [0.2, 0.25) is 0 Å². The van der Waals surface area contributed by atoms with Gasteiger partial charge >= 0.3 is 11.9 Å². The van der Waals surface area contributed by atoms with Gasteiger partial charge in [0.15, 0.2) is 6.10 Å². The van der Waals surface area contributed by atoms with Crippen LogP contribution in [0.1, 0.15) is 348 Å². The van der Waals surface area contributed by atoms with E-state index in [1.54, 1.807) is 0 Å². The van der Waals surface area contributed by atoms with Gasteiger partial charge in [-0.2, -0.15) is 0 Å². The lowest BCUT2D eigenvalue weighted by Gasteiger charge is -2.28. The SMILES string of the molecule is CCCCCCC/C=C\C/C=C\C/C=C\CCCCCCCCCCCCCCCCCCCCC(=O)OC(COC(=O)CCCCCCCCCCCCCCCCCCCCCCCCC)COP(=O)([O-])OCC[N+](C)(C)C. The molecule has 0 heterocycles. The molecular formula is C70H134NO8P. The van der Waals surface area contributed by atoms with Crippen molar-refractivity contribution in [2.75, 3.05) is 47.5 Å². The summed E-state index contributed by atoms with van der Waals surface area (Å²) < 4.78 is 34.3. The molecule has 0 spiro atoms. The Hall–Kier alpha value is -1.77. The zero-order valence-electron chi connectivity index (χ0n) is 53.8. The molecule has 472 valence electrons. The Labute approximate surface area is 497 Å². The second kappa shape index (κ2) is 61.8. The summed E-state index contributed by atoms with van der Waals surface area (Å²) in [7, 11) is 1.19. The summed E-state index contributed by atoms with van der Waals surface area (Å²) in [5.74, 6) is -0.811. The monoisotopic (exact) mass is 1150 g/mol. The maximum atomic E-state index is 12.9. The van der Waals surface area contributed by atoms with Crippen molar-refractivity contribution < 1.29 is 42.1 Å². The molecule has 0 aliphatic rings. The quantitative estimate of drug-likeness (QED) is 0.0195. The first-order valence-corrected chi connectivity index (χ1v) is 36.2. The number of nitrogens with zero attached hydrogens (tertiary/aromatic N) is 1. The summed E-state index contributed by atoms with van der Waals surface area (Å²) in [5.41, 5.74) is 0. The maximum Gasteiger partial charge on any atom is 0.306 e. The molecule has 0 saturated heterocycles. The van der Waals surface area contributed by atoms with Gasteiger partial charge < -0.3 is 27.9 Å². The first-order chi connectivity index (χ1) is 39.0. The van der Waals surface area contributed by atoms with Crippen LogP contribution in [0.25, 0.3) is 0 Å². The molecule has 0 radical (unpaired) electrons. The first-order valence-electron chi connectivity index (χ1n) is 34.7. The summed E-state index contributed by atoms with van der Waals surface area (Å²) >= 11 is 0. The summed E-state index contributed by atoms with van der Waals surface area (Å²) in [6.45, 7) is 4.30. The van der Waals surface area contributed by atoms with Gasteiger partial charge in [0.05, 0.1) is 27.7 Å². The highest BCUT2D eigenvalue weighted by molar-refractivity contribution is 7.45. The van der Waals surface area contributed by atoms with Crippen molar-refractivity contribution in [3.05, 3.63) is 36.5 Å². The average Bonchev–Trinajstić information content (AvgIpc) is 3.42. The molecule has 0 aromatic heterocycles. The Morgan fingerprint density at radius 1 is 0.388 bits per heavy atom. The first kappa shape index (κ1) is 78.2. The van der Waals surface area contributed by atoms with E-state index in [0.29, 0.717) is 17.4 Å². The van der Waals surface area contributed by atoms with Crippen molar-refractivity contribution in [3.63, 3.8) is 0 Å². The predicted octanol–water partition coefficient (Wildman–Crippen LogP) is 21.6. The lowest BCUT2D eigenvalue weighted by molar-refractivity contribution is -0.870. The molecule has 0 saturated carbocycles. The molecule has 0 bridgehead atoms. The van der Waals surface area contributed by atoms with E-state index in [1.165, 1.54) is 270 Å². The third-order valence-electron chi connectivity index (χ3n) is 15.7. The summed E-state index contributed by atoms with van der Waals surface area (Å²) in [6.07, 6.45) is 78.0. The molecule has 0 aromatic rings. The number of hydrogen-bond donors (Lipinski definition) is 0. The van der Waals surface area contributed by atoms with E-state index in [1.807, 2.05) is 21.1 Å². The van der Waals surface area contributed by atoms with Crippen LogP contribution >= 0.6 is 7.82 Å². The van der Waals surface area contributed by atoms with E-state index < -0.39 is 26.5 Å². The number of phosphoric ester groups is 1. The van der Waals surface area contributed by atoms with Crippen molar-refractivity contribution in [2.45, 2.75) is 354 Å². The highest BCUT2D eigenvalue weighted by atomic mass is 31.2. The molecule has 0 fully saturated rings. The summed E-state index contributed by atoms with van der Waals surface area (Å²) in [4.78, 5) is 38.0. The van der Waals surface area contributed by atoms with Crippen LogP contribution in [0.5, 0.6) is 0 Å². The number of likely N-dealkylation sites (N-methyl/N-ethyl adjacent to an activating group) is 1. The third kappa shape index (κ3) is 65.4. The van der Waals surface area contributed by atoms with Crippen LogP contribution < -0.4 is 4.89 Å². The normalized spacial score (nSPS) is 13.3. The molecule has 0 aromatic carbocycles. The molecule has 0 aliphatic heterocycles. The third-order valence-corrected chi connectivity index (χ3v) is 16.6. The van der Waals surface area contributed by atoms with Gasteiger partial charge in [0.1, 0.15) is 19.8 Å². The maximum absolute atomic E-state index is 12.9. The van der Waals surface area contributed by atoms with Crippen LogP contribution in [0.15, 0.2) is 36.5 Å². The van der Waals surface area contributed by atoms with Crippen LogP contribution in [-0.4, -0.2) is 70.0 Å². The Morgan fingerprint density at radius 2 is 0.675 bits per heavy atom. The van der Waals surface area contributed by atoms with Crippen molar-refractivity contribution >= 4 is 19.8 Å². The molecule has 80 heavy (non-hydrogen) atoms. The van der Waals surface area contributed by atoms with Crippen molar-refractivity contribution in [1.29, 1.82) is 0 Å². The highest BCUT2D eigenvalue weighted by Gasteiger charge is 2.22. The fourth-order valence-electron chi connectivity index (χ4n) is 10.3. The van der Waals surface area contributed by atoms with E-state index in [9.17, 15) is 19.0 Å². The number of esters is 2. The molecule has 2 unspecified atom stereocenters. The zero-order chi connectivity index (χ0) is 58.4. The van der Waals surface area contributed by atoms with Crippen molar-refractivity contribution in [3.8, 4) is 0 Å². The summed E-state index contributed by atoms with van der Waals surface area (Å²) in [6, 6.07) is 0. The van der Waals surface area contributed by atoms with Crippen LogP contribution in [0.4, 0.5) is 0 Å². The van der Waals surface area contributed by atoms with Gasteiger partial charge in [-0.1, -0.05) is 320 Å². The van der Waals surface area contributed by atoms with Crippen molar-refractivity contribution in [2.24, 2.45) is 0 Å². The minimum Gasteiger partial charge on any atom is -0.756 e. The zero-order valence-corrected chi connectivity index (χ0v) is 54.7. The molecule has 0 rings (SSSR count). The van der Waals surface area contributed by atoms with Gasteiger partial charge in [-0.3, -0.25) is 14.2 Å². The minimum absolute atomic E-state index is 0.0277. The molecule has 9 nitrogen and oxygen atoms in total. The lowest BCUT2D eigenvalue weighted by Crippen LogP contribution is -2.37. The second-order valence-corrected chi connectivity index (χ2v) is 26.3. The Kier molecular flexibility index (Phi) is 60.4. The number of rotatable bonds is 65. The van der Waals surface area contributed by atoms with E-state index in [4.69, 9.17) is 18.5 Å². The number of carbonyl (C=O) groups is 2. The number of hydrogen-bond acceptors (Lipinski definition) is 8. The minimum atomic E-state index is -4.64. The lowest BCUT2D eigenvalue weighted by atomic mass is 10.0. The number of ether oxygens (including phenoxy) is 2. The number of phosphoric acid groups is 1. The molecule has 2 atom stereocenters. The van der Waals surface area contributed by atoms with E-state index >= 15 is 0 Å². The fourth-order valence-corrected chi connectivity index (χ4v) is 11.0. The molecule has 0 aliphatic carbocycles. The Bertz CT molecular complexity index is 1440. The van der Waals surface area contributed by atoms with E-state index in [0.717, 1.165) is 44.9 Å². The van der Waals surface area contributed by atoms with Gasteiger partial charge in [0.25, 0.3) is 7.82 Å². The number of unbranched alkanes of at least 4 members (excludes halogenated alkanes) is 45. The number of allylic oxidation sites excluding steroid dienone is 6. The van der Waals surface area contributed by atoms with Gasteiger partial charge in [-0.25, -0.2) is 0 Å². The van der Waals surface area contributed by atoms with Gasteiger partial charge in [-0.15, -0.1) is 0 Å². The van der Waals surface area contributed by atoms with Gasteiger partial charge in [0, 0.05) is 12.8 Å². The fraction of sp³-hybridized carbons (Fsp3) is 0.886. The average molecular weight is 1150 g/mol. The highest BCUT2D eigenvalue weighted by Crippen LogP contribution is 2.38. The van der Waals surface area contributed by atoms with Crippen LogP contribution in [0, 0.1) is 0 Å². The second-order valence-electron chi connectivity index (χ2n) is 24.9. The molecule has 10 heteroatoms. The topological polar surface area (TPSA) is 111 Å². The molecule has 0 N–H and O–H groups in total. The number of quaternary nitrogens is 1. The predicted molar refractivity (Wildman–Crippen MR) is 342 cm³/mol. The Balaban J connectivity index is 4.00. The largest absolute Gasteiger partial charge is 0.756 e. The Morgan fingerprint density at radius 3 is 1.00 bits per heavy atom. The van der Waals surface area contributed by atoms with Gasteiger partial charge in [-0.05, 0) is 51.4 Å².